The molecule has 0 aliphatic rings. The quantitative estimate of drug-likeness (QED) is 0.821. The van der Waals surface area contributed by atoms with E-state index in [2.05, 4.69) is 5.32 Å². The Kier molecular flexibility index (Phi) is 3.51. The van der Waals surface area contributed by atoms with Gasteiger partial charge in [-0.3, -0.25) is 4.79 Å². The first-order chi connectivity index (χ1) is 6.89. The molecule has 0 amide bonds. The molecule has 0 spiro atoms. The molecule has 0 saturated carbocycles. The predicted molar refractivity (Wildman–Crippen MR) is 64.1 cm³/mol. The summed E-state index contributed by atoms with van der Waals surface area (Å²) in [5, 5.41) is 3.13. The van der Waals surface area contributed by atoms with E-state index >= 15 is 0 Å². The standard InChI is InChI=1S/C13H19NO/c1-10-5-7-11(8-6-10)14-9-12(15)13(2,3)4/h5-8,14H,9H2,1-4H3. The van der Waals surface area contributed by atoms with Crippen molar-refractivity contribution in [2.45, 2.75) is 27.7 Å². The van der Waals surface area contributed by atoms with E-state index in [4.69, 9.17) is 0 Å². The lowest BCUT2D eigenvalue weighted by Crippen LogP contribution is -2.27. The van der Waals surface area contributed by atoms with Crippen LogP contribution in [0.1, 0.15) is 26.3 Å². The second-order valence-electron chi connectivity index (χ2n) is 4.89. The maximum Gasteiger partial charge on any atom is 0.157 e. The summed E-state index contributed by atoms with van der Waals surface area (Å²) in [6, 6.07) is 8.05. The molecule has 82 valence electrons. The predicted octanol–water partition coefficient (Wildman–Crippen LogP) is 3.02. The maximum atomic E-state index is 11.6. The first-order valence-electron chi connectivity index (χ1n) is 5.23. The number of benzene rings is 1. The summed E-state index contributed by atoms with van der Waals surface area (Å²) in [6.07, 6.45) is 0. The number of nitrogens with one attached hydrogen (secondary N) is 1. The average Bonchev–Trinajstić information content (AvgIpc) is 2.15. The number of anilines is 1. The largest absolute Gasteiger partial charge is 0.378 e. The average molecular weight is 205 g/mol. The Morgan fingerprint density at radius 2 is 1.73 bits per heavy atom. The third-order valence-electron chi connectivity index (χ3n) is 2.34. The number of carbonyl (C=O) groups excluding carboxylic acids is 1. The summed E-state index contributed by atoms with van der Waals surface area (Å²) < 4.78 is 0. The maximum absolute atomic E-state index is 11.6. The zero-order chi connectivity index (χ0) is 11.5. The third-order valence-corrected chi connectivity index (χ3v) is 2.34. The summed E-state index contributed by atoms with van der Waals surface area (Å²) in [4.78, 5) is 11.6. The van der Waals surface area contributed by atoms with Gasteiger partial charge in [0.15, 0.2) is 5.78 Å². The van der Waals surface area contributed by atoms with E-state index in [1.54, 1.807) is 0 Å². The molecule has 0 atom stereocenters. The molecule has 0 saturated heterocycles. The van der Waals surface area contributed by atoms with Crippen LogP contribution in [-0.2, 0) is 4.79 Å². The highest BCUT2D eigenvalue weighted by molar-refractivity contribution is 5.87. The third kappa shape index (κ3) is 3.74. The van der Waals surface area contributed by atoms with Crippen LogP contribution in [0.4, 0.5) is 5.69 Å². The van der Waals surface area contributed by atoms with E-state index in [-0.39, 0.29) is 11.2 Å². The normalized spacial score (nSPS) is 11.2. The molecule has 0 aromatic heterocycles. The molecule has 1 N–H and O–H groups in total. The number of hydrogen-bond donors (Lipinski definition) is 1. The second kappa shape index (κ2) is 4.47. The highest BCUT2D eigenvalue weighted by atomic mass is 16.1. The fourth-order valence-corrected chi connectivity index (χ4v) is 1.12. The van der Waals surface area contributed by atoms with E-state index < -0.39 is 0 Å². The summed E-state index contributed by atoms with van der Waals surface area (Å²) >= 11 is 0. The van der Waals surface area contributed by atoms with Gasteiger partial charge in [0.1, 0.15) is 0 Å². The molecular formula is C13H19NO. The minimum absolute atomic E-state index is 0.225. The minimum atomic E-state index is -0.266. The van der Waals surface area contributed by atoms with Gasteiger partial charge in [0, 0.05) is 11.1 Å². The van der Waals surface area contributed by atoms with E-state index in [9.17, 15) is 4.79 Å². The topological polar surface area (TPSA) is 29.1 Å². The van der Waals surface area contributed by atoms with Crippen LogP contribution < -0.4 is 5.32 Å². The Labute approximate surface area is 91.7 Å². The van der Waals surface area contributed by atoms with Crippen LogP contribution in [0.5, 0.6) is 0 Å². The van der Waals surface area contributed by atoms with Gasteiger partial charge in [0.05, 0.1) is 6.54 Å². The molecular weight excluding hydrogens is 186 g/mol. The van der Waals surface area contributed by atoms with E-state index in [1.165, 1.54) is 5.56 Å². The van der Waals surface area contributed by atoms with E-state index in [1.807, 2.05) is 52.0 Å². The van der Waals surface area contributed by atoms with Gasteiger partial charge < -0.3 is 5.32 Å². The van der Waals surface area contributed by atoms with Crippen molar-refractivity contribution in [1.82, 2.24) is 0 Å². The number of rotatable bonds is 3. The van der Waals surface area contributed by atoms with Crippen molar-refractivity contribution in [2.75, 3.05) is 11.9 Å². The van der Waals surface area contributed by atoms with Gasteiger partial charge in [-0.25, -0.2) is 0 Å². The van der Waals surface area contributed by atoms with Crippen molar-refractivity contribution in [2.24, 2.45) is 5.41 Å². The fourth-order valence-electron chi connectivity index (χ4n) is 1.12. The van der Waals surface area contributed by atoms with Crippen molar-refractivity contribution >= 4 is 11.5 Å². The summed E-state index contributed by atoms with van der Waals surface area (Å²) in [7, 11) is 0. The van der Waals surface area contributed by atoms with Gasteiger partial charge in [-0.05, 0) is 19.1 Å². The first kappa shape index (κ1) is 11.8. The van der Waals surface area contributed by atoms with Crippen LogP contribution in [-0.4, -0.2) is 12.3 Å². The summed E-state index contributed by atoms with van der Waals surface area (Å²) in [5.41, 5.74) is 1.96. The van der Waals surface area contributed by atoms with Crippen molar-refractivity contribution in [3.05, 3.63) is 29.8 Å². The smallest absolute Gasteiger partial charge is 0.157 e. The Bertz CT molecular complexity index is 333. The Hall–Kier alpha value is -1.31. The summed E-state index contributed by atoms with van der Waals surface area (Å²) in [5.74, 6) is 0.225. The van der Waals surface area contributed by atoms with Gasteiger partial charge in [-0.15, -0.1) is 0 Å². The Morgan fingerprint density at radius 3 is 2.20 bits per heavy atom. The number of aryl methyl sites for hydroxylation is 1. The molecule has 0 unspecified atom stereocenters. The lowest BCUT2D eigenvalue weighted by Gasteiger charge is -2.17. The van der Waals surface area contributed by atoms with Crippen LogP contribution in [0.3, 0.4) is 0 Å². The van der Waals surface area contributed by atoms with E-state index in [0.29, 0.717) is 6.54 Å². The number of Topliss-reactive ketones (excluding diaryl/α,β-unsaturated/α-hetero) is 1. The zero-order valence-electron chi connectivity index (χ0n) is 9.92. The van der Waals surface area contributed by atoms with Gasteiger partial charge in [-0.2, -0.15) is 0 Å². The van der Waals surface area contributed by atoms with Crippen molar-refractivity contribution in [3.8, 4) is 0 Å². The molecule has 0 aliphatic heterocycles. The molecule has 1 aromatic carbocycles. The zero-order valence-corrected chi connectivity index (χ0v) is 9.92. The van der Waals surface area contributed by atoms with E-state index in [0.717, 1.165) is 5.69 Å². The molecule has 15 heavy (non-hydrogen) atoms. The van der Waals surface area contributed by atoms with Crippen molar-refractivity contribution in [1.29, 1.82) is 0 Å². The molecule has 2 nitrogen and oxygen atoms in total. The molecule has 0 radical (unpaired) electrons. The second-order valence-corrected chi connectivity index (χ2v) is 4.89. The van der Waals surface area contributed by atoms with Crippen LogP contribution in [0.2, 0.25) is 0 Å². The molecule has 0 bridgehead atoms. The monoisotopic (exact) mass is 205 g/mol. The molecule has 0 fully saturated rings. The van der Waals surface area contributed by atoms with Crippen LogP contribution in [0.15, 0.2) is 24.3 Å². The Morgan fingerprint density at radius 1 is 1.20 bits per heavy atom. The number of ketones is 1. The van der Waals surface area contributed by atoms with Gasteiger partial charge in [0.25, 0.3) is 0 Å². The lowest BCUT2D eigenvalue weighted by atomic mass is 9.91. The van der Waals surface area contributed by atoms with Crippen LogP contribution in [0.25, 0.3) is 0 Å². The molecule has 2 heteroatoms. The van der Waals surface area contributed by atoms with Gasteiger partial charge in [-0.1, -0.05) is 38.5 Å². The highest BCUT2D eigenvalue weighted by Crippen LogP contribution is 2.15. The molecule has 0 aliphatic carbocycles. The van der Waals surface area contributed by atoms with Crippen LogP contribution >= 0.6 is 0 Å². The molecule has 1 rings (SSSR count). The van der Waals surface area contributed by atoms with Gasteiger partial charge >= 0.3 is 0 Å². The molecule has 1 aromatic rings. The Balaban J connectivity index is 2.51. The lowest BCUT2D eigenvalue weighted by molar-refractivity contribution is -0.124. The van der Waals surface area contributed by atoms with Crippen LogP contribution in [0, 0.1) is 12.3 Å². The highest BCUT2D eigenvalue weighted by Gasteiger charge is 2.20. The molecule has 0 heterocycles. The number of carbonyl (C=O) groups is 1. The summed E-state index contributed by atoms with van der Waals surface area (Å²) in [6.45, 7) is 8.25. The van der Waals surface area contributed by atoms with Gasteiger partial charge in [0.2, 0.25) is 0 Å². The minimum Gasteiger partial charge on any atom is -0.378 e. The SMILES string of the molecule is Cc1ccc(NCC(=O)C(C)(C)C)cc1. The van der Waals surface area contributed by atoms with Crippen molar-refractivity contribution in [3.63, 3.8) is 0 Å². The fraction of sp³-hybridized carbons (Fsp3) is 0.462. The van der Waals surface area contributed by atoms with Crippen molar-refractivity contribution < 1.29 is 4.79 Å². The number of hydrogen-bond acceptors (Lipinski definition) is 2. The first-order valence-corrected chi connectivity index (χ1v) is 5.23.